The van der Waals surface area contributed by atoms with Crippen molar-refractivity contribution < 1.29 is 19.1 Å². The van der Waals surface area contributed by atoms with Gasteiger partial charge in [-0.25, -0.2) is 0 Å². The van der Waals surface area contributed by atoms with E-state index in [1.807, 2.05) is 30.3 Å². The number of esters is 2. The number of methoxy groups -OCH3 is 2. The SMILES string of the molecule is COC(=O)CC(CCc1ccccc1)CC(=O)OC. The maximum Gasteiger partial charge on any atom is 0.305 e. The summed E-state index contributed by atoms with van der Waals surface area (Å²) in [7, 11) is 2.71. The van der Waals surface area contributed by atoms with Crippen LogP contribution in [-0.4, -0.2) is 26.2 Å². The molecule has 0 saturated heterocycles. The van der Waals surface area contributed by atoms with Crippen LogP contribution in [0.5, 0.6) is 0 Å². The van der Waals surface area contributed by atoms with Crippen molar-refractivity contribution in [1.29, 1.82) is 0 Å². The third-order valence-electron chi connectivity index (χ3n) is 3.05. The molecule has 0 spiro atoms. The first kappa shape index (κ1) is 15.2. The molecule has 0 heterocycles. The van der Waals surface area contributed by atoms with Crippen LogP contribution >= 0.6 is 0 Å². The summed E-state index contributed by atoms with van der Waals surface area (Å²) in [5.41, 5.74) is 1.20. The van der Waals surface area contributed by atoms with Crippen LogP contribution in [0, 0.1) is 5.92 Å². The second-order valence-electron chi connectivity index (χ2n) is 4.45. The van der Waals surface area contributed by atoms with Crippen LogP contribution in [0.15, 0.2) is 30.3 Å². The Morgan fingerprint density at radius 1 is 1.00 bits per heavy atom. The molecule has 1 aromatic carbocycles. The van der Waals surface area contributed by atoms with Gasteiger partial charge in [0.15, 0.2) is 0 Å². The second kappa shape index (κ2) is 8.29. The van der Waals surface area contributed by atoms with E-state index in [-0.39, 0.29) is 30.7 Å². The quantitative estimate of drug-likeness (QED) is 0.709. The molecule has 0 aliphatic rings. The van der Waals surface area contributed by atoms with E-state index < -0.39 is 0 Å². The molecule has 0 amide bonds. The molecular weight excluding hydrogens is 244 g/mol. The van der Waals surface area contributed by atoms with Gasteiger partial charge in [-0.1, -0.05) is 30.3 Å². The summed E-state index contributed by atoms with van der Waals surface area (Å²) in [6.07, 6.45) is 2.09. The largest absolute Gasteiger partial charge is 0.469 e. The number of hydrogen-bond donors (Lipinski definition) is 0. The lowest BCUT2D eigenvalue weighted by Gasteiger charge is -2.14. The normalized spacial score (nSPS) is 10.3. The Hall–Kier alpha value is -1.84. The lowest BCUT2D eigenvalue weighted by atomic mass is 9.93. The minimum absolute atomic E-state index is 0.0416. The summed E-state index contributed by atoms with van der Waals surface area (Å²) in [6.45, 7) is 0. The van der Waals surface area contributed by atoms with Crippen molar-refractivity contribution in [3.8, 4) is 0 Å². The zero-order valence-electron chi connectivity index (χ0n) is 11.4. The molecule has 0 unspecified atom stereocenters. The Bertz CT molecular complexity index is 382. The van der Waals surface area contributed by atoms with Gasteiger partial charge < -0.3 is 9.47 Å². The van der Waals surface area contributed by atoms with Crippen LogP contribution in [0.2, 0.25) is 0 Å². The van der Waals surface area contributed by atoms with E-state index >= 15 is 0 Å². The third-order valence-corrected chi connectivity index (χ3v) is 3.05. The first-order chi connectivity index (χ1) is 9.15. The van der Waals surface area contributed by atoms with Crippen LogP contribution in [-0.2, 0) is 25.5 Å². The van der Waals surface area contributed by atoms with Crippen LogP contribution < -0.4 is 0 Å². The molecule has 0 aromatic heterocycles. The lowest BCUT2D eigenvalue weighted by molar-refractivity contribution is -0.144. The summed E-state index contributed by atoms with van der Waals surface area (Å²) >= 11 is 0. The zero-order chi connectivity index (χ0) is 14.1. The van der Waals surface area contributed by atoms with Gasteiger partial charge in [-0.2, -0.15) is 0 Å². The molecule has 4 nitrogen and oxygen atoms in total. The number of benzene rings is 1. The fourth-order valence-corrected chi connectivity index (χ4v) is 1.93. The maximum atomic E-state index is 11.3. The molecule has 0 bridgehead atoms. The van der Waals surface area contributed by atoms with Crippen LogP contribution in [0.4, 0.5) is 0 Å². The van der Waals surface area contributed by atoms with Crippen molar-refractivity contribution in [1.82, 2.24) is 0 Å². The zero-order valence-corrected chi connectivity index (χ0v) is 11.4. The molecular formula is C15H20O4. The van der Waals surface area contributed by atoms with E-state index in [0.29, 0.717) is 0 Å². The van der Waals surface area contributed by atoms with E-state index in [4.69, 9.17) is 0 Å². The monoisotopic (exact) mass is 264 g/mol. The summed E-state index contributed by atoms with van der Waals surface area (Å²) in [4.78, 5) is 22.7. The lowest BCUT2D eigenvalue weighted by Crippen LogP contribution is -2.16. The molecule has 19 heavy (non-hydrogen) atoms. The van der Waals surface area contributed by atoms with Gasteiger partial charge in [-0.05, 0) is 24.3 Å². The number of hydrogen-bond acceptors (Lipinski definition) is 4. The first-order valence-electron chi connectivity index (χ1n) is 6.33. The Labute approximate surface area is 113 Å². The molecule has 0 atom stereocenters. The fourth-order valence-electron chi connectivity index (χ4n) is 1.93. The molecule has 1 rings (SSSR count). The van der Waals surface area contributed by atoms with E-state index in [0.717, 1.165) is 12.8 Å². The van der Waals surface area contributed by atoms with Crippen molar-refractivity contribution in [2.24, 2.45) is 5.92 Å². The highest BCUT2D eigenvalue weighted by atomic mass is 16.5. The molecule has 0 aliphatic heterocycles. The van der Waals surface area contributed by atoms with Gasteiger partial charge in [0.2, 0.25) is 0 Å². The second-order valence-corrected chi connectivity index (χ2v) is 4.45. The molecule has 0 radical (unpaired) electrons. The Morgan fingerprint density at radius 2 is 1.53 bits per heavy atom. The average Bonchev–Trinajstić information content (AvgIpc) is 2.45. The van der Waals surface area contributed by atoms with E-state index in [9.17, 15) is 9.59 Å². The number of carbonyl (C=O) groups excluding carboxylic acids is 2. The Kier molecular flexibility index (Phi) is 6.64. The van der Waals surface area contributed by atoms with E-state index in [2.05, 4.69) is 9.47 Å². The van der Waals surface area contributed by atoms with Crippen molar-refractivity contribution in [3.05, 3.63) is 35.9 Å². The fraction of sp³-hybridized carbons (Fsp3) is 0.467. The summed E-state index contributed by atoms with van der Waals surface area (Å²) < 4.78 is 9.31. The van der Waals surface area contributed by atoms with Crippen molar-refractivity contribution in [2.45, 2.75) is 25.7 Å². The molecule has 0 aliphatic carbocycles. The number of rotatable bonds is 7. The van der Waals surface area contributed by atoms with Gasteiger partial charge in [-0.15, -0.1) is 0 Å². The smallest absolute Gasteiger partial charge is 0.305 e. The first-order valence-corrected chi connectivity index (χ1v) is 6.33. The number of aryl methyl sites for hydroxylation is 1. The minimum atomic E-state index is -0.290. The van der Waals surface area contributed by atoms with Crippen LogP contribution in [0.25, 0.3) is 0 Å². The maximum absolute atomic E-state index is 11.3. The highest BCUT2D eigenvalue weighted by Crippen LogP contribution is 2.18. The van der Waals surface area contributed by atoms with Crippen molar-refractivity contribution in [3.63, 3.8) is 0 Å². The topological polar surface area (TPSA) is 52.6 Å². The van der Waals surface area contributed by atoms with Crippen LogP contribution in [0.3, 0.4) is 0 Å². The standard InChI is InChI=1S/C15H20O4/c1-18-14(16)10-13(11-15(17)19-2)9-8-12-6-4-3-5-7-12/h3-7,13H,8-11H2,1-2H3. The predicted molar refractivity (Wildman–Crippen MR) is 71.5 cm³/mol. The summed E-state index contributed by atoms with van der Waals surface area (Å²) in [5, 5.41) is 0. The molecule has 0 N–H and O–H groups in total. The predicted octanol–water partition coefficient (Wildman–Crippen LogP) is 2.36. The molecule has 0 saturated carbocycles. The molecule has 104 valence electrons. The van der Waals surface area contributed by atoms with Crippen molar-refractivity contribution >= 4 is 11.9 Å². The van der Waals surface area contributed by atoms with Gasteiger partial charge >= 0.3 is 11.9 Å². The van der Waals surface area contributed by atoms with Gasteiger partial charge in [-0.3, -0.25) is 9.59 Å². The van der Waals surface area contributed by atoms with E-state index in [1.165, 1.54) is 19.8 Å². The van der Waals surface area contributed by atoms with Crippen LogP contribution in [0.1, 0.15) is 24.8 Å². The molecule has 0 fully saturated rings. The Balaban J connectivity index is 2.53. The minimum Gasteiger partial charge on any atom is -0.469 e. The van der Waals surface area contributed by atoms with Crippen molar-refractivity contribution in [2.75, 3.05) is 14.2 Å². The highest BCUT2D eigenvalue weighted by Gasteiger charge is 2.18. The van der Waals surface area contributed by atoms with E-state index in [1.54, 1.807) is 0 Å². The number of carbonyl (C=O) groups is 2. The molecule has 1 aromatic rings. The molecule has 4 heteroatoms. The highest BCUT2D eigenvalue weighted by molar-refractivity contribution is 5.73. The van der Waals surface area contributed by atoms with Gasteiger partial charge in [0.1, 0.15) is 0 Å². The summed E-state index contributed by atoms with van der Waals surface area (Å²) in [6, 6.07) is 9.99. The van der Waals surface area contributed by atoms with Gasteiger partial charge in [0.25, 0.3) is 0 Å². The summed E-state index contributed by atoms with van der Waals surface area (Å²) in [5.74, 6) is -0.621. The number of ether oxygens (including phenoxy) is 2. The van der Waals surface area contributed by atoms with Gasteiger partial charge in [0, 0.05) is 12.8 Å². The third kappa shape index (κ3) is 6.04. The van der Waals surface area contributed by atoms with Gasteiger partial charge in [0.05, 0.1) is 14.2 Å². The Morgan fingerprint density at radius 3 is 2.00 bits per heavy atom. The average molecular weight is 264 g/mol.